The first kappa shape index (κ1) is 13.9. The van der Waals surface area contributed by atoms with Gasteiger partial charge < -0.3 is 15.7 Å². The van der Waals surface area contributed by atoms with Gasteiger partial charge in [0.15, 0.2) is 0 Å². The number of anilines is 2. The second-order valence-electron chi connectivity index (χ2n) is 5.56. The quantitative estimate of drug-likeness (QED) is 0.762. The van der Waals surface area contributed by atoms with Crippen LogP contribution in [0.25, 0.3) is 10.8 Å². The summed E-state index contributed by atoms with van der Waals surface area (Å²) in [5.41, 5.74) is 2.50. The Hall–Kier alpha value is -2.07. The first-order chi connectivity index (χ1) is 10.2. The predicted octanol–water partition coefficient (Wildman–Crippen LogP) is 3.37. The van der Waals surface area contributed by atoms with Gasteiger partial charge in [-0.25, -0.2) is 0 Å². The minimum atomic E-state index is -0.338. The van der Waals surface area contributed by atoms with E-state index in [0.29, 0.717) is 6.54 Å². The van der Waals surface area contributed by atoms with Crippen molar-refractivity contribution in [2.75, 3.05) is 17.2 Å². The summed E-state index contributed by atoms with van der Waals surface area (Å²) in [7, 11) is 0. The van der Waals surface area contributed by atoms with Crippen LogP contribution in [0.5, 0.6) is 0 Å². The third-order valence-electron chi connectivity index (χ3n) is 3.90. The zero-order valence-electron chi connectivity index (χ0n) is 12.1. The van der Waals surface area contributed by atoms with Crippen LogP contribution in [-0.4, -0.2) is 23.7 Å². The van der Waals surface area contributed by atoms with Crippen LogP contribution in [0.4, 0.5) is 11.4 Å². The number of benzene rings is 2. The van der Waals surface area contributed by atoms with Crippen LogP contribution in [0.15, 0.2) is 30.3 Å². The lowest BCUT2D eigenvalue weighted by Crippen LogP contribution is -2.19. The van der Waals surface area contributed by atoms with E-state index in [9.17, 15) is 9.90 Å². The molecule has 2 aromatic carbocycles. The Bertz CT molecular complexity index is 682. The Morgan fingerprint density at radius 1 is 1.33 bits per heavy atom. The number of hydrogen-bond acceptors (Lipinski definition) is 3. The number of carbonyl (C=O) groups is 1. The fourth-order valence-electron chi connectivity index (χ4n) is 2.78. The number of aliphatic hydroxyl groups is 1. The number of unbranched alkanes of at least 4 members (excludes halogenated alkanes) is 1. The summed E-state index contributed by atoms with van der Waals surface area (Å²) in [6, 6.07) is 9.70. The maximum Gasteiger partial charge on any atom is 0.256 e. The van der Waals surface area contributed by atoms with Crippen LogP contribution in [-0.2, 0) is 0 Å². The van der Waals surface area contributed by atoms with E-state index in [1.807, 2.05) is 30.3 Å². The molecule has 21 heavy (non-hydrogen) atoms. The molecule has 0 aromatic heterocycles. The fraction of sp³-hybridized carbons (Fsp3) is 0.353. The summed E-state index contributed by atoms with van der Waals surface area (Å²) in [5.74, 6) is -0.0456. The highest BCUT2D eigenvalue weighted by molar-refractivity contribution is 6.24. The molecule has 4 nitrogen and oxygen atoms in total. The molecule has 0 spiro atoms. The Kier molecular flexibility index (Phi) is 3.80. The highest BCUT2D eigenvalue weighted by atomic mass is 16.3. The van der Waals surface area contributed by atoms with Gasteiger partial charge in [-0.2, -0.15) is 0 Å². The number of aliphatic hydroxyl groups excluding tert-OH is 1. The standard InChI is InChI=1S/C17H20N2O2/c1-2-3-6-13(20)10-18-12-8-11-5-4-7-14-16(11)15(9-12)19-17(14)21/h4-5,7-9,13,18,20H,2-3,6,10H2,1H3,(H,19,21). The number of hydrogen-bond donors (Lipinski definition) is 3. The topological polar surface area (TPSA) is 61.4 Å². The fourth-order valence-corrected chi connectivity index (χ4v) is 2.78. The molecular formula is C17H20N2O2. The van der Waals surface area contributed by atoms with Crippen molar-refractivity contribution in [3.8, 4) is 0 Å². The molecular weight excluding hydrogens is 264 g/mol. The number of nitrogens with one attached hydrogen (secondary N) is 2. The number of carbonyl (C=O) groups excluding carboxylic acids is 1. The second-order valence-corrected chi connectivity index (χ2v) is 5.56. The number of amides is 1. The molecule has 1 atom stereocenters. The Morgan fingerprint density at radius 3 is 3.00 bits per heavy atom. The first-order valence-corrected chi connectivity index (χ1v) is 7.49. The van der Waals surface area contributed by atoms with Crippen molar-refractivity contribution in [3.63, 3.8) is 0 Å². The van der Waals surface area contributed by atoms with E-state index in [-0.39, 0.29) is 12.0 Å². The normalized spacial score (nSPS) is 14.3. The van der Waals surface area contributed by atoms with Gasteiger partial charge in [0.05, 0.1) is 11.8 Å². The predicted molar refractivity (Wildman–Crippen MR) is 85.9 cm³/mol. The average Bonchev–Trinajstić information content (AvgIpc) is 2.81. The maximum absolute atomic E-state index is 11.9. The summed E-state index contributed by atoms with van der Waals surface area (Å²) in [5, 5.41) is 18.1. The highest BCUT2D eigenvalue weighted by Gasteiger charge is 2.21. The van der Waals surface area contributed by atoms with Crippen molar-refractivity contribution >= 4 is 28.1 Å². The van der Waals surface area contributed by atoms with E-state index in [1.54, 1.807) is 0 Å². The van der Waals surface area contributed by atoms with Crippen molar-refractivity contribution in [2.24, 2.45) is 0 Å². The molecule has 0 fully saturated rings. The SMILES string of the molecule is CCCCC(O)CNc1cc2c3c(cccc3c1)C(=O)N2. The Balaban J connectivity index is 1.79. The van der Waals surface area contributed by atoms with Crippen molar-refractivity contribution < 1.29 is 9.90 Å². The van der Waals surface area contributed by atoms with Gasteiger partial charge in [-0.05, 0) is 30.0 Å². The van der Waals surface area contributed by atoms with E-state index in [2.05, 4.69) is 17.6 Å². The van der Waals surface area contributed by atoms with Gasteiger partial charge in [0.2, 0.25) is 0 Å². The third-order valence-corrected chi connectivity index (χ3v) is 3.90. The molecule has 4 heteroatoms. The number of rotatable bonds is 6. The molecule has 1 heterocycles. The molecule has 110 valence electrons. The van der Waals surface area contributed by atoms with Gasteiger partial charge in [0, 0.05) is 23.2 Å². The lowest BCUT2D eigenvalue weighted by molar-refractivity contribution is 0.103. The van der Waals surface area contributed by atoms with Crippen LogP contribution >= 0.6 is 0 Å². The third kappa shape index (κ3) is 2.72. The van der Waals surface area contributed by atoms with E-state index in [0.717, 1.165) is 47.0 Å². The minimum absolute atomic E-state index is 0.0456. The van der Waals surface area contributed by atoms with E-state index in [4.69, 9.17) is 0 Å². The van der Waals surface area contributed by atoms with Crippen LogP contribution in [0.1, 0.15) is 36.5 Å². The van der Waals surface area contributed by atoms with Gasteiger partial charge in [0.25, 0.3) is 5.91 Å². The zero-order valence-corrected chi connectivity index (χ0v) is 12.1. The summed E-state index contributed by atoms with van der Waals surface area (Å²) in [4.78, 5) is 11.9. The summed E-state index contributed by atoms with van der Waals surface area (Å²) in [6.45, 7) is 2.64. The molecule has 3 N–H and O–H groups in total. The summed E-state index contributed by atoms with van der Waals surface area (Å²) < 4.78 is 0. The Morgan fingerprint density at radius 2 is 2.19 bits per heavy atom. The lowest BCUT2D eigenvalue weighted by Gasteiger charge is -2.13. The van der Waals surface area contributed by atoms with Gasteiger partial charge in [-0.15, -0.1) is 0 Å². The molecule has 1 aliphatic heterocycles. The van der Waals surface area contributed by atoms with Crippen LogP contribution < -0.4 is 10.6 Å². The first-order valence-electron chi connectivity index (χ1n) is 7.49. The monoisotopic (exact) mass is 284 g/mol. The van der Waals surface area contributed by atoms with E-state index >= 15 is 0 Å². The summed E-state index contributed by atoms with van der Waals surface area (Å²) >= 11 is 0. The minimum Gasteiger partial charge on any atom is -0.391 e. The highest BCUT2D eigenvalue weighted by Crippen LogP contribution is 2.35. The molecule has 1 aliphatic rings. The molecule has 0 aliphatic carbocycles. The average molecular weight is 284 g/mol. The van der Waals surface area contributed by atoms with Crippen molar-refractivity contribution in [1.82, 2.24) is 0 Å². The molecule has 1 unspecified atom stereocenters. The van der Waals surface area contributed by atoms with E-state index < -0.39 is 0 Å². The van der Waals surface area contributed by atoms with Crippen LogP contribution in [0.2, 0.25) is 0 Å². The van der Waals surface area contributed by atoms with Crippen molar-refractivity contribution in [2.45, 2.75) is 32.3 Å². The Labute approximate surface area is 124 Å². The van der Waals surface area contributed by atoms with Crippen molar-refractivity contribution in [3.05, 3.63) is 35.9 Å². The molecule has 0 radical (unpaired) electrons. The molecule has 0 saturated carbocycles. The van der Waals surface area contributed by atoms with Gasteiger partial charge in [-0.3, -0.25) is 4.79 Å². The lowest BCUT2D eigenvalue weighted by atomic mass is 10.0. The van der Waals surface area contributed by atoms with Gasteiger partial charge in [0.1, 0.15) is 0 Å². The molecule has 3 rings (SSSR count). The van der Waals surface area contributed by atoms with Crippen LogP contribution in [0, 0.1) is 0 Å². The maximum atomic E-state index is 11.9. The molecule has 0 saturated heterocycles. The second kappa shape index (κ2) is 5.74. The molecule has 2 aromatic rings. The van der Waals surface area contributed by atoms with Crippen molar-refractivity contribution in [1.29, 1.82) is 0 Å². The largest absolute Gasteiger partial charge is 0.391 e. The van der Waals surface area contributed by atoms with Gasteiger partial charge in [-0.1, -0.05) is 31.9 Å². The zero-order chi connectivity index (χ0) is 14.8. The smallest absolute Gasteiger partial charge is 0.256 e. The van der Waals surface area contributed by atoms with Gasteiger partial charge >= 0.3 is 0 Å². The van der Waals surface area contributed by atoms with Crippen LogP contribution in [0.3, 0.4) is 0 Å². The summed E-state index contributed by atoms with van der Waals surface area (Å²) in [6.07, 6.45) is 2.59. The molecule has 0 bridgehead atoms. The molecule has 1 amide bonds. The van der Waals surface area contributed by atoms with E-state index in [1.165, 1.54) is 0 Å².